The predicted octanol–water partition coefficient (Wildman–Crippen LogP) is -0.295. The summed E-state index contributed by atoms with van der Waals surface area (Å²) in [6.07, 6.45) is 4.41. The fraction of sp³-hybridized carbons (Fsp3) is 0.917. The number of nitrogens with zero attached hydrogens (tertiary/aromatic N) is 1. The van der Waals surface area contributed by atoms with Crippen LogP contribution < -0.4 is 11.1 Å². The molecule has 17 heavy (non-hydrogen) atoms. The highest BCUT2D eigenvalue weighted by Gasteiger charge is 2.19. The highest BCUT2D eigenvalue weighted by atomic mass is 16.5. The van der Waals surface area contributed by atoms with Crippen LogP contribution in [0.1, 0.15) is 25.7 Å². The van der Waals surface area contributed by atoms with Gasteiger partial charge < -0.3 is 15.8 Å². The van der Waals surface area contributed by atoms with Gasteiger partial charge in [0.25, 0.3) is 0 Å². The minimum atomic E-state index is 0.107. The number of nitrogens with one attached hydrogen (secondary N) is 1. The van der Waals surface area contributed by atoms with Crippen molar-refractivity contribution < 1.29 is 9.53 Å². The molecular weight excluding hydrogens is 218 g/mol. The van der Waals surface area contributed by atoms with Gasteiger partial charge in [0.1, 0.15) is 0 Å². The zero-order valence-corrected chi connectivity index (χ0v) is 10.4. The van der Waals surface area contributed by atoms with Gasteiger partial charge in [-0.25, -0.2) is 0 Å². The van der Waals surface area contributed by atoms with Gasteiger partial charge in [0.05, 0.1) is 12.6 Å². The Morgan fingerprint density at radius 2 is 2.12 bits per heavy atom. The molecule has 0 saturated carbocycles. The molecule has 2 saturated heterocycles. The van der Waals surface area contributed by atoms with Crippen LogP contribution >= 0.6 is 0 Å². The van der Waals surface area contributed by atoms with Gasteiger partial charge in [-0.1, -0.05) is 0 Å². The molecule has 0 aromatic carbocycles. The normalized spacial score (nSPS) is 27.2. The molecule has 3 N–H and O–H groups in total. The number of hydrogen-bond donors (Lipinski definition) is 2. The van der Waals surface area contributed by atoms with Crippen LogP contribution in [0.5, 0.6) is 0 Å². The molecule has 2 fully saturated rings. The van der Waals surface area contributed by atoms with Crippen molar-refractivity contribution in [3.05, 3.63) is 0 Å². The highest BCUT2D eigenvalue weighted by molar-refractivity contribution is 5.78. The smallest absolute Gasteiger partial charge is 0.234 e. The quantitative estimate of drug-likeness (QED) is 0.709. The molecule has 1 atom stereocenters. The molecule has 0 aromatic heterocycles. The summed E-state index contributed by atoms with van der Waals surface area (Å²) in [4.78, 5) is 13.9. The van der Waals surface area contributed by atoms with E-state index in [1.165, 1.54) is 0 Å². The first-order chi connectivity index (χ1) is 8.24. The van der Waals surface area contributed by atoms with Gasteiger partial charge in [0.2, 0.25) is 5.91 Å². The first-order valence-corrected chi connectivity index (χ1v) is 6.60. The maximum Gasteiger partial charge on any atom is 0.234 e. The van der Waals surface area contributed by atoms with Crippen LogP contribution in [-0.2, 0) is 9.53 Å². The first kappa shape index (κ1) is 12.8. The second-order valence-electron chi connectivity index (χ2n) is 5.05. The van der Waals surface area contributed by atoms with Crippen molar-refractivity contribution >= 4 is 5.91 Å². The molecule has 2 aliphatic heterocycles. The van der Waals surface area contributed by atoms with Gasteiger partial charge in [0, 0.05) is 32.3 Å². The molecule has 1 amide bonds. The molecule has 5 heteroatoms. The number of amides is 1. The fourth-order valence-corrected chi connectivity index (χ4v) is 2.40. The molecule has 0 unspecified atom stereocenters. The number of rotatable bonds is 4. The third-order valence-corrected chi connectivity index (χ3v) is 3.55. The lowest BCUT2D eigenvalue weighted by molar-refractivity contribution is -0.123. The Kier molecular flexibility index (Phi) is 4.76. The van der Waals surface area contributed by atoms with Crippen LogP contribution in [0.2, 0.25) is 0 Å². The minimum absolute atomic E-state index is 0.107. The molecule has 0 aliphatic carbocycles. The van der Waals surface area contributed by atoms with E-state index >= 15 is 0 Å². The second-order valence-corrected chi connectivity index (χ2v) is 5.05. The van der Waals surface area contributed by atoms with E-state index in [0.29, 0.717) is 19.1 Å². The van der Waals surface area contributed by atoms with E-state index < -0.39 is 0 Å². The maximum atomic E-state index is 11.7. The lowest BCUT2D eigenvalue weighted by Crippen LogP contribution is -2.45. The molecule has 0 bridgehead atoms. The molecule has 98 valence electrons. The molecule has 2 aliphatic rings. The van der Waals surface area contributed by atoms with Crippen LogP contribution in [0.4, 0.5) is 0 Å². The number of piperidine rings is 1. The Bertz CT molecular complexity index is 246. The van der Waals surface area contributed by atoms with Crippen LogP contribution in [-0.4, -0.2) is 55.7 Å². The molecule has 5 nitrogen and oxygen atoms in total. The van der Waals surface area contributed by atoms with E-state index in [2.05, 4.69) is 10.2 Å². The van der Waals surface area contributed by atoms with Crippen molar-refractivity contribution in [1.82, 2.24) is 10.2 Å². The van der Waals surface area contributed by atoms with Gasteiger partial charge in [-0.2, -0.15) is 0 Å². The number of nitrogens with two attached hydrogens (primary N) is 1. The summed E-state index contributed by atoms with van der Waals surface area (Å²) in [5.74, 6) is 0.107. The lowest BCUT2D eigenvalue weighted by atomic mass is 10.1. The standard InChI is InChI=1S/C12H23N3O2/c13-10-3-5-15(6-4-10)9-12(16)14-8-11-2-1-7-17-11/h10-11H,1-9,13H2,(H,14,16)/t11-/m0/s1. The lowest BCUT2D eigenvalue weighted by Gasteiger charge is -2.29. The number of carbonyl (C=O) groups is 1. The van der Waals surface area contributed by atoms with Crippen molar-refractivity contribution in [3.63, 3.8) is 0 Å². The van der Waals surface area contributed by atoms with E-state index in [-0.39, 0.29) is 12.0 Å². The molecule has 2 rings (SSSR count). The van der Waals surface area contributed by atoms with Crippen molar-refractivity contribution in [2.75, 3.05) is 32.8 Å². The van der Waals surface area contributed by atoms with Crippen molar-refractivity contribution in [2.45, 2.75) is 37.8 Å². The SMILES string of the molecule is NC1CCN(CC(=O)NC[C@@H]2CCCO2)CC1. The summed E-state index contributed by atoms with van der Waals surface area (Å²) in [6, 6.07) is 0.321. The number of hydrogen-bond acceptors (Lipinski definition) is 4. The summed E-state index contributed by atoms with van der Waals surface area (Å²) in [5.41, 5.74) is 5.83. The number of carbonyl (C=O) groups excluding carboxylic acids is 1. The third-order valence-electron chi connectivity index (χ3n) is 3.55. The summed E-state index contributed by atoms with van der Waals surface area (Å²) in [7, 11) is 0. The summed E-state index contributed by atoms with van der Waals surface area (Å²) in [5, 5.41) is 2.95. The van der Waals surface area contributed by atoms with Crippen molar-refractivity contribution in [3.8, 4) is 0 Å². The Hall–Kier alpha value is -0.650. The van der Waals surface area contributed by atoms with E-state index in [4.69, 9.17) is 10.5 Å². The fourth-order valence-electron chi connectivity index (χ4n) is 2.40. The van der Waals surface area contributed by atoms with E-state index in [9.17, 15) is 4.79 Å². The molecule has 0 aromatic rings. The summed E-state index contributed by atoms with van der Waals surface area (Å²) >= 11 is 0. The largest absolute Gasteiger partial charge is 0.376 e. The average molecular weight is 241 g/mol. The van der Waals surface area contributed by atoms with Gasteiger partial charge in [-0.15, -0.1) is 0 Å². The summed E-state index contributed by atoms with van der Waals surface area (Å²) < 4.78 is 5.46. The Morgan fingerprint density at radius 3 is 2.76 bits per heavy atom. The van der Waals surface area contributed by atoms with Gasteiger partial charge in [-0.05, 0) is 25.7 Å². The maximum absolute atomic E-state index is 11.7. The zero-order valence-electron chi connectivity index (χ0n) is 10.4. The van der Waals surface area contributed by atoms with Gasteiger partial charge in [-0.3, -0.25) is 9.69 Å². The van der Waals surface area contributed by atoms with Crippen LogP contribution in [0.3, 0.4) is 0 Å². The molecular formula is C12H23N3O2. The van der Waals surface area contributed by atoms with E-state index in [1.54, 1.807) is 0 Å². The van der Waals surface area contributed by atoms with E-state index in [1.807, 2.05) is 0 Å². The predicted molar refractivity (Wildman–Crippen MR) is 65.6 cm³/mol. The topological polar surface area (TPSA) is 67.6 Å². The Balaban J connectivity index is 1.60. The number of ether oxygens (including phenoxy) is 1. The first-order valence-electron chi connectivity index (χ1n) is 6.60. The van der Waals surface area contributed by atoms with Crippen molar-refractivity contribution in [2.24, 2.45) is 5.73 Å². The zero-order chi connectivity index (χ0) is 12.1. The average Bonchev–Trinajstić information content (AvgIpc) is 2.83. The van der Waals surface area contributed by atoms with Crippen LogP contribution in [0.25, 0.3) is 0 Å². The van der Waals surface area contributed by atoms with Crippen molar-refractivity contribution in [1.29, 1.82) is 0 Å². The third kappa shape index (κ3) is 4.26. The van der Waals surface area contributed by atoms with Crippen LogP contribution in [0, 0.1) is 0 Å². The monoisotopic (exact) mass is 241 g/mol. The molecule has 0 spiro atoms. The minimum Gasteiger partial charge on any atom is -0.376 e. The molecule has 0 radical (unpaired) electrons. The van der Waals surface area contributed by atoms with Gasteiger partial charge in [0.15, 0.2) is 0 Å². The van der Waals surface area contributed by atoms with E-state index in [0.717, 1.165) is 45.4 Å². The Labute approximate surface area is 103 Å². The van der Waals surface area contributed by atoms with Crippen LogP contribution in [0.15, 0.2) is 0 Å². The molecule has 2 heterocycles. The number of likely N-dealkylation sites (tertiary alicyclic amines) is 1. The highest BCUT2D eigenvalue weighted by Crippen LogP contribution is 2.10. The second kappa shape index (κ2) is 6.33. The Morgan fingerprint density at radius 1 is 1.35 bits per heavy atom. The summed E-state index contributed by atoms with van der Waals surface area (Å²) in [6.45, 7) is 3.87. The van der Waals surface area contributed by atoms with Gasteiger partial charge >= 0.3 is 0 Å².